The summed E-state index contributed by atoms with van der Waals surface area (Å²) in [6, 6.07) is 0. The molecular formula is C89H174O17P2. The van der Waals surface area contributed by atoms with Crippen LogP contribution in [0.25, 0.3) is 0 Å². The average Bonchev–Trinajstić information content (AvgIpc) is 0.899. The Morgan fingerprint density at radius 3 is 0.704 bits per heavy atom. The number of unbranched alkanes of at least 4 members (excludes halogenated alkanes) is 57. The molecule has 0 aromatic carbocycles. The fraction of sp³-hybridized carbons (Fsp3) is 0.955. The lowest BCUT2D eigenvalue weighted by Crippen LogP contribution is -2.30. The van der Waals surface area contributed by atoms with Crippen molar-refractivity contribution in [2.45, 2.75) is 496 Å². The standard InChI is InChI=1S/C89H174O17P2/c1-7-10-12-14-16-18-20-22-24-26-27-28-29-31-35-40-44-48-56-62-68-73-88(93)105-84(77-99-86(91)71-65-59-53-46-42-38-36-32-33-37-41-45-51-57-63-69-81(4)5)79-103-107(95,96)101-75-83(90)76-102-108(97,98)104-80-85(78-100-87(92)72-66-60-54-50-49-52-58-64-70-82(6)9-3)106-89(94)74-67-61-55-47-43-39-34-30-25-23-21-19-17-15-13-11-8-2/h81-85,90H,7-80H2,1-6H3,(H,95,96)(H,97,98)/t82?,83-,84-,85-/m1/s1. The van der Waals surface area contributed by atoms with Crippen molar-refractivity contribution in [1.82, 2.24) is 0 Å². The smallest absolute Gasteiger partial charge is 0.462 e. The predicted octanol–water partition coefficient (Wildman–Crippen LogP) is 27.4. The van der Waals surface area contributed by atoms with Gasteiger partial charge >= 0.3 is 39.5 Å². The Morgan fingerprint density at radius 2 is 0.472 bits per heavy atom. The summed E-state index contributed by atoms with van der Waals surface area (Å²) < 4.78 is 69.0. The van der Waals surface area contributed by atoms with E-state index < -0.39 is 97.5 Å². The van der Waals surface area contributed by atoms with Crippen molar-refractivity contribution in [3.8, 4) is 0 Å². The molecule has 0 aliphatic rings. The molecule has 0 aromatic heterocycles. The summed E-state index contributed by atoms with van der Waals surface area (Å²) in [4.78, 5) is 73.4. The molecule has 0 amide bonds. The van der Waals surface area contributed by atoms with Crippen LogP contribution in [0.1, 0.15) is 478 Å². The van der Waals surface area contributed by atoms with Crippen LogP contribution in [0.2, 0.25) is 0 Å². The van der Waals surface area contributed by atoms with E-state index in [-0.39, 0.29) is 25.7 Å². The van der Waals surface area contributed by atoms with E-state index in [1.165, 1.54) is 295 Å². The molecule has 0 bridgehead atoms. The zero-order valence-electron chi connectivity index (χ0n) is 71.2. The predicted molar refractivity (Wildman–Crippen MR) is 446 cm³/mol. The molecule has 0 fully saturated rings. The number of carbonyl (C=O) groups excluding carboxylic acids is 4. The molecule has 19 heteroatoms. The highest BCUT2D eigenvalue weighted by molar-refractivity contribution is 7.47. The van der Waals surface area contributed by atoms with Crippen molar-refractivity contribution in [2.75, 3.05) is 39.6 Å². The Hall–Kier alpha value is -1.94. The van der Waals surface area contributed by atoms with Gasteiger partial charge in [0.2, 0.25) is 0 Å². The number of esters is 4. The minimum atomic E-state index is -4.97. The number of phosphoric acid groups is 2. The molecule has 0 aromatic rings. The normalized spacial score (nSPS) is 14.0. The van der Waals surface area contributed by atoms with Crippen molar-refractivity contribution < 1.29 is 80.2 Å². The number of carbonyl (C=O) groups is 4. The fourth-order valence-electron chi connectivity index (χ4n) is 13.9. The molecule has 0 radical (unpaired) electrons. The first-order valence-corrected chi connectivity index (χ1v) is 49.0. The highest BCUT2D eigenvalue weighted by atomic mass is 31.2. The summed E-state index contributed by atoms with van der Waals surface area (Å²) in [5.74, 6) is -0.514. The van der Waals surface area contributed by atoms with Gasteiger partial charge < -0.3 is 33.8 Å². The SMILES string of the molecule is CCCCCCCCCCCCCCCCCCCCCCCC(=O)O[C@H](COC(=O)CCCCCCCCCCCCCCCCCC(C)C)COP(=O)(O)OC[C@@H](O)COP(=O)(O)OC[C@@H](COC(=O)CCCCCCCCCCC(C)CC)OC(=O)CCCCCCCCCCCCCCCCCCC. The molecule has 0 rings (SSSR count). The van der Waals surface area contributed by atoms with Crippen molar-refractivity contribution in [2.24, 2.45) is 11.8 Å². The van der Waals surface area contributed by atoms with E-state index in [2.05, 4.69) is 41.5 Å². The van der Waals surface area contributed by atoms with Gasteiger partial charge in [-0.2, -0.15) is 0 Å². The van der Waals surface area contributed by atoms with E-state index in [0.717, 1.165) is 102 Å². The first kappa shape index (κ1) is 106. The molecule has 0 saturated heterocycles. The maximum Gasteiger partial charge on any atom is 0.472 e. The summed E-state index contributed by atoms with van der Waals surface area (Å²) in [7, 11) is -9.93. The molecule has 3 N–H and O–H groups in total. The highest BCUT2D eigenvalue weighted by Crippen LogP contribution is 2.45. The number of ether oxygens (including phenoxy) is 4. The minimum absolute atomic E-state index is 0.108. The maximum atomic E-state index is 13.2. The monoisotopic (exact) mass is 1580 g/mol. The van der Waals surface area contributed by atoms with Crippen LogP contribution in [0.5, 0.6) is 0 Å². The number of rotatable bonds is 88. The second-order valence-electron chi connectivity index (χ2n) is 32.7. The molecule has 0 aliphatic heterocycles. The van der Waals surface area contributed by atoms with Gasteiger partial charge in [-0.05, 0) is 37.5 Å². The zero-order valence-corrected chi connectivity index (χ0v) is 73.0. The maximum absolute atomic E-state index is 13.2. The molecule has 6 atom stereocenters. The molecule has 642 valence electrons. The van der Waals surface area contributed by atoms with Crippen LogP contribution in [0.3, 0.4) is 0 Å². The number of aliphatic hydroxyl groups excluding tert-OH is 1. The molecule has 3 unspecified atom stereocenters. The van der Waals surface area contributed by atoms with Crippen LogP contribution in [0.4, 0.5) is 0 Å². The third kappa shape index (κ3) is 80.7. The third-order valence-electron chi connectivity index (χ3n) is 21.3. The van der Waals surface area contributed by atoms with E-state index in [1.54, 1.807) is 0 Å². The topological polar surface area (TPSA) is 237 Å². The van der Waals surface area contributed by atoms with Gasteiger partial charge in [0.15, 0.2) is 12.2 Å². The minimum Gasteiger partial charge on any atom is -0.462 e. The van der Waals surface area contributed by atoms with Crippen LogP contribution in [0, 0.1) is 11.8 Å². The summed E-state index contributed by atoms with van der Waals surface area (Å²) in [6.07, 6.45) is 73.6. The molecule has 0 aliphatic carbocycles. The summed E-state index contributed by atoms with van der Waals surface area (Å²) in [5, 5.41) is 10.7. The van der Waals surface area contributed by atoms with Gasteiger partial charge in [-0.25, -0.2) is 9.13 Å². The van der Waals surface area contributed by atoms with Crippen molar-refractivity contribution >= 4 is 39.5 Å². The van der Waals surface area contributed by atoms with Crippen LogP contribution >= 0.6 is 15.6 Å². The zero-order chi connectivity index (χ0) is 79.2. The number of phosphoric ester groups is 2. The van der Waals surface area contributed by atoms with Gasteiger partial charge in [-0.1, -0.05) is 427 Å². The van der Waals surface area contributed by atoms with Gasteiger partial charge in [0.05, 0.1) is 26.4 Å². The number of hydrogen-bond acceptors (Lipinski definition) is 15. The summed E-state index contributed by atoms with van der Waals surface area (Å²) in [6.45, 7) is 9.72. The second kappa shape index (κ2) is 80.3. The van der Waals surface area contributed by atoms with E-state index in [0.29, 0.717) is 25.7 Å². The van der Waals surface area contributed by atoms with Crippen LogP contribution < -0.4 is 0 Å². The summed E-state index contributed by atoms with van der Waals surface area (Å²) >= 11 is 0. The first-order chi connectivity index (χ1) is 52.4. The van der Waals surface area contributed by atoms with E-state index in [4.69, 9.17) is 37.0 Å². The Labute approximate surface area is 664 Å². The first-order valence-electron chi connectivity index (χ1n) is 46.0. The van der Waals surface area contributed by atoms with Gasteiger partial charge in [-0.15, -0.1) is 0 Å². The van der Waals surface area contributed by atoms with Gasteiger partial charge in [0.1, 0.15) is 19.3 Å². The fourth-order valence-corrected chi connectivity index (χ4v) is 15.5. The lowest BCUT2D eigenvalue weighted by molar-refractivity contribution is -0.161. The number of hydrogen-bond donors (Lipinski definition) is 3. The van der Waals surface area contributed by atoms with Crippen LogP contribution in [-0.4, -0.2) is 96.7 Å². The lowest BCUT2D eigenvalue weighted by atomic mass is 9.99. The van der Waals surface area contributed by atoms with E-state index in [9.17, 15) is 43.2 Å². The molecule has 17 nitrogen and oxygen atoms in total. The van der Waals surface area contributed by atoms with Gasteiger partial charge in [0.25, 0.3) is 0 Å². The van der Waals surface area contributed by atoms with Crippen LogP contribution in [0.15, 0.2) is 0 Å². The Bertz CT molecular complexity index is 2070. The van der Waals surface area contributed by atoms with E-state index in [1.807, 2.05) is 0 Å². The molecule has 108 heavy (non-hydrogen) atoms. The summed E-state index contributed by atoms with van der Waals surface area (Å²) in [5.41, 5.74) is 0. The second-order valence-corrected chi connectivity index (χ2v) is 35.6. The largest absolute Gasteiger partial charge is 0.472 e. The number of aliphatic hydroxyl groups is 1. The highest BCUT2D eigenvalue weighted by Gasteiger charge is 2.31. The van der Waals surface area contributed by atoms with E-state index >= 15 is 0 Å². The Balaban J connectivity index is 5.25. The van der Waals surface area contributed by atoms with Crippen molar-refractivity contribution in [3.63, 3.8) is 0 Å². The Morgan fingerprint density at radius 1 is 0.269 bits per heavy atom. The lowest BCUT2D eigenvalue weighted by Gasteiger charge is -2.21. The van der Waals surface area contributed by atoms with Crippen molar-refractivity contribution in [3.05, 3.63) is 0 Å². The molecule has 0 spiro atoms. The quantitative estimate of drug-likeness (QED) is 0.0222. The third-order valence-corrected chi connectivity index (χ3v) is 23.2. The molecule has 0 heterocycles. The average molecular weight is 1580 g/mol. The Kier molecular flexibility index (Phi) is 78.8. The van der Waals surface area contributed by atoms with Crippen LogP contribution in [-0.2, 0) is 65.4 Å². The van der Waals surface area contributed by atoms with Gasteiger partial charge in [0, 0.05) is 25.7 Å². The molecule has 0 saturated carbocycles. The molecular weight excluding hydrogens is 1400 g/mol. The van der Waals surface area contributed by atoms with Gasteiger partial charge in [-0.3, -0.25) is 37.3 Å². The van der Waals surface area contributed by atoms with Crippen molar-refractivity contribution in [1.29, 1.82) is 0 Å².